The van der Waals surface area contributed by atoms with E-state index in [4.69, 9.17) is 4.98 Å². The van der Waals surface area contributed by atoms with Crippen molar-refractivity contribution in [2.75, 3.05) is 36.0 Å². The van der Waals surface area contributed by atoms with Gasteiger partial charge in [-0.1, -0.05) is 0 Å². The second-order valence-electron chi connectivity index (χ2n) is 8.07. The van der Waals surface area contributed by atoms with E-state index in [1.807, 2.05) is 12.1 Å². The average molecular weight is 456 g/mol. The number of hydrogen-bond donors (Lipinski definition) is 3. The van der Waals surface area contributed by atoms with Crippen LogP contribution >= 0.6 is 0 Å². The number of aromatic nitrogens is 6. The number of anilines is 2. The van der Waals surface area contributed by atoms with E-state index >= 15 is 0 Å². The topological polar surface area (TPSA) is 136 Å². The molecule has 3 aromatic heterocycles. The maximum Gasteiger partial charge on any atom is 0.335 e. The normalized spacial score (nSPS) is 14.2. The molecule has 4 heterocycles. The van der Waals surface area contributed by atoms with Gasteiger partial charge in [-0.2, -0.15) is 15.1 Å². The molecule has 5 aromatic rings. The van der Waals surface area contributed by atoms with Crippen LogP contribution in [0, 0.1) is 0 Å². The number of nitrogens with one attached hydrogen (secondary N) is 1. The van der Waals surface area contributed by atoms with Gasteiger partial charge in [0.1, 0.15) is 11.3 Å². The summed E-state index contributed by atoms with van der Waals surface area (Å²) in [4.78, 5) is 32.6. The number of aromatic amines is 1. The van der Waals surface area contributed by atoms with Gasteiger partial charge in [-0.15, -0.1) is 0 Å². The molecule has 1 aliphatic heterocycles. The highest BCUT2D eigenvalue weighted by atomic mass is 16.4. The molecule has 3 N–H and O–H groups in total. The molecule has 0 amide bonds. The quantitative estimate of drug-likeness (QED) is 0.372. The summed E-state index contributed by atoms with van der Waals surface area (Å²) in [5.41, 5.74) is 3.19. The number of phenols is 1. The lowest BCUT2D eigenvalue weighted by Gasteiger charge is -2.36. The zero-order valence-corrected chi connectivity index (χ0v) is 18.0. The van der Waals surface area contributed by atoms with Crippen LogP contribution in [0.1, 0.15) is 10.4 Å². The smallest absolute Gasteiger partial charge is 0.335 e. The first-order chi connectivity index (χ1) is 16.6. The van der Waals surface area contributed by atoms with Gasteiger partial charge in [0, 0.05) is 37.3 Å². The first-order valence-corrected chi connectivity index (χ1v) is 10.8. The molecule has 0 spiro atoms. The number of carboxylic acid groups (broad SMARTS) is 1. The summed E-state index contributed by atoms with van der Waals surface area (Å²) in [6.45, 7) is 3.01. The van der Waals surface area contributed by atoms with Gasteiger partial charge in [0.2, 0.25) is 5.95 Å². The Labute approximate surface area is 192 Å². The average Bonchev–Trinajstić information content (AvgIpc) is 3.51. The summed E-state index contributed by atoms with van der Waals surface area (Å²) < 4.78 is 1.68. The Hall–Kier alpha value is -4.67. The minimum absolute atomic E-state index is 0.202. The van der Waals surface area contributed by atoms with Crippen molar-refractivity contribution >= 4 is 39.7 Å². The van der Waals surface area contributed by atoms with E-state index in [9.17, 15) is 15.0 Å². The van der Waals surface area contributed by atoms with Crippen molar-refractivity contribution in [3.63, 3.8) is 0 Å². The van der Waals surface area contributed by atoms with E-state index in [0.717, 1.165) is 37.4 Å². The zero-order chi connectivity index (χ0) is 23.2. The molecule has 1 fully saturated rings. The highest BCUT2D eigenvalue weighted by molar-refractivity contribution is 5.94. The number of hydrogen-bond acceptors (Lipinski definition) is 8. The van der Waals surface area contributed by atoms with Crippen LogP contribution in [-0.2, 0) is 0 Å². The van der Waals surface area contributed by atoms with Gasteiger partial charge in [0.05, 0.1) is 23.6 Å². The van der Waals surface area contributed by atoms with Crippen molar-refractivity contribution < 1.29 is 15.0 Å². The van der Waals surface area contributed by atoms with E-state index in [1.165, 1.54) is 0 Å². The second-order valence-corrected chi connectivity index (χ2v) is 8.07. The van der Waals surface area contributed by atoms with Gasteiger partial charge >= 0.3 is 5.97 Å². The number of fused-ring (bicyclic) bond motifs is 2. The van der Waals surface area contributed by atoms with Crippen molar-refractivity contribution in [2.24, 2.45) is 0 Å². The van der Waals surface area contributed by atoms with Crippen LogP contribution in [0.4, 0.5) is 11.6 Å². The van der Waals surface area contributed by atoms with Crippen LogP contribution in [0.25, 0.3) is 27.9 Å². The third-order valence-corrected chi connectivity index (χ3v) is 6.05. The molecule has 34 heavy (non-hydrogen) atoms. The molecule has 170 valence electrons. The number of benzene rings is 2. The van der Waals surface area contributed by atoms with Crippen molar-refractivity contribution in [3.8, 4) is 11.6 Å². The molecule has 1 aliphatic rings. The predicted octanol–water partition coefficient (Wildman–Crippen LogP) is 2.42. The predicted molar refractivity (Wildman–Crippen MR) is 126 cm³/mol. The van der Waals surface area contributed by atoms with Crippen LogP contribution in [0.2, 0.25) is 0 Å². The molecule has 0 unspecified atom stereocenters. The molecule has 6 rings (SSSR count). The third kappa shape index (κ3) is 3.34. The first-order valence-electron chi connectivity index (χ1n) is 10.8. The molecular weight excluding hydrogens is 436 g/mol. The van der Waals surface area contributed by atoms with Gasteiger partial charge < -0.3 is 25.0 Å². The first kappa shape index (κ1) is 20.0. The maximum atomic E-state index is 11.3. The van der Waals surface area contributed by atoms with Crippen LogP contribution in [0.5, 0.6) is 5.75 Å². The van der Waals surface area contributed by atoms with Crippen LogP contribution in [-0.4, -0.2) is 72.1 Å². The number of piperazine rings is 1. The summed E-state index contributed by atoms with van der Waals surface area (Å²) >= 11 is 0. The number of H-pyrrole nitrogens is 1. The van der Waals surface area contributed by atoms with Gasteiger partial charge in [0.15, 0.2) is 11.5 Å². The van der Waals surface area contributed by atoms with E-state index in [1.54, 1.807) is 47.5 Å². The number of nitrogens with zero attached hydrogens (tertiary/aromatic N) is 7. The SMILES string of the molecule is O=C(O)c1ccc2c(cnn2-c2nc(N3CCN(c4ccc(O)cc4)CC3)nc3nc[nH]c23)c1. The van der Waals surface area contributed by atoms with Crippen molar-refractivity contribution in [1.29, 1.82) is 0 Å². The largest absolute Gasteiger partial charge is 0.508 e. The summed E-state index contributed by atoms with van der Waals surface area (Å²) in [6, 6.07) is 12.1. The highest BCUT2D eigenvalue weighted by Crippen LogP contribution is 2.26. The number of rotatable bonds is 4. The summed E-state index contributed by atoms with van der Waals surface area (Å²) in [7, 11) is 0. The fourth-order valence-electron chi connectivity index (χ4n) is 4.26. The number of carbonyl (C=O) groups is 1. The number of imidazole rings is 1. The minimum Gasteiger partial charge on any atom is -0.508 e. The van der Waals surface area contributed by atoms with Crippen molar-refractivity contribution in [2.45, 2.75) is 0 Å². The summed E-state index contributed by atoms with van der Waals surface area (Å²) in [5.74, 6) is 0.379. The molecular formula is C23H20N8O3. The number of aromatic carboxylic acids is 1. The fourth-order valence-corrected chi connectivity index (χ4v) is 4.26. The maximum absolute atomic E-state index is 11.3. The molecule has 11 heteroatoms. The molecule has 0 bridgehead atoms. The van der Waals surface area contributed by atoms with Gasteiger partial charge in [-0.05, 0) is 42.5 Å². The van der Waals surface area contributed by atoms with Crippen LogP contribution in [0.3, 0.4) is 0 Å². The Morgan fingerprint density at radius 2 is 1.74 bits per heavy atom. The zero-order valence-electron chi connectivity index (χ0n) is 18.0. The molecule has 0 atom stereocenters. The van der Waals surface area contributed by atoms with Gasteiger partial charge in [-0.3, -0.25) is 0 Å². The summed E-state index contributed by atoms with van der Waals surface area (Å²) in [5, 5.41) is 24.0. The molecule has 0 saturated carbocycles. The Bertz CT molecular complexity index is 1520. The monoisotopic (exact) mass is 456 g/mol. The van der Waals surface area contributed by atoms with E-state index in [0.29, 0.717) is 28.3 Å². The number of phenolic OH excluding ortho intramolecular Hbond substituents is 1. The minimum atomic E-state index is -0.985. The lowest BCUT2D eigenvalue weighted by molar-refractivity contribution is 0.0697. The Balaban J connectivity index is 1.34. The van der Waals surface area contributed by atoms with E-state index in [-0.39, 0.29) is 11.3 Å². The van der Waals surface area contributed by atoms with Crippen LogP contribution < -0.4 is 9.80 Å². The van der Waals surface area contributed by atoms with Crippen molar-refractivity contribution in [1.82, 2.24) is 29.7 Å². The van der Waals surface area contributed by atoms with E-state index < -0.39 is 5.97 Å². The summed E-state index contributed by atoms with van der Waals surface area (Å²) in [6.07, 6.45) is 3.20. The molecule has 2 aromatic carbocycles. The molecule has 0 aliphatic carbocycles. The molecule has 0 radical (unpaired) electrons. The van der Waals surface area contributed by atoms with Crippen molar-refractivity contribution in [3.05, 3.63) is 60.6 Å². The number of carboxylic acids is 1. The van der Waals surface area contributed by atoms with Crippen LogP contribution in [0.15, 0.2) is 55.0 Å². The number of aromatic hydroxyl groups is 1. The molecule has 1 saturated heterocycles. The lowest BCUT2D eigenvalue weighted by atomic mass is 10.1. The third-order valence-electron chi connectivity index (χ3n) is 6.05. The fraction of sp³-hybridized carbons (Fsp3) is 0.174. The highest BCUT2D eigenvalue weighted by Gasteiger charge is 2.23. The Kier molecular flexibility index (Phi) is 4.54. The van der Waals surface area contributed by atoms with Gasteiger partial charge in [-0.25, -0.2) is 14.5 Å². The van der Waals surface area contributed by atoms with E-state index in [2.05, 4.69) is 29.9 Å². The Morgan fingerprint density at radius 1 is 0.971 bits per heavy atom. The van der Waals surface area contributed by atoms with Gasteiger partial charge in [0.25, 0.3) is 0 Å². The lowest BCUT2D eigenvalue weighted by Crippen LogP contribution is -2.47. The standard InChI is InChI=1S/C23H20N8O3/c32-17-4-2-16(3-5-17)29-7-9-30(10-8-29)23-27-20-19(24-13-25-20)21(28-23)31-18-6-1-14(22(33)34)11-15(18)12-26-31/h1-6,11-13,32H,7-10H2,(H,33,34)(H,24,25,27,28). The second kappa shape index (κ2) is 7.73. The Morgan fingerprint density at radius 3 is 2.50 bits per heavy atom. The molecule has 11 nitrogen and oxygen atoms in total.